The minimum absolute atomic E-state index is 0.118. The lowest BCUT2D eigenvalue weighted by Crippen LogP contribution is -2.46. The van der Waals surface area contributed by atoms with E-state index in [0.29, 0.717) is 18.7 Å². The Labute approximate surface area is 125 Å². The molecule has 4 heteroatoms. The van der Waals surface area contributed by atoms with Crippen molar-refractivity contribution in [2.45, 2.75) is 19.9 Å². The zero-order chi connectivity index (χ0) is 15.4. The Balaban J connectivity index is 2.16. The number of rotatable bonds is 4. The van der Waals surface area contributed by atoms with Gasteiger partial charge in [0.25, 0.3) is 0 Å². The van der Waals surface area contributed by atoms with Crippen molar-refractivity contribution in [3.63, 3.8) is 0 Å². The molecule has 0 bridgehead atoms. The summed E-state index contributed by atoms with van der Waals surface area (Å²) in [6.45, 7) is 8.78. The standard InChI is InChI=1S/C17H21NO3/c1-4-21-17(20)15-11-18(10-12(2)16(15)19)13(3)14-8-6-5-7-9-14/h5-9,13,15H,2,4,10-11H2,1,3H3/t13-,15?/m0/s1. The zero-order valence-electron chi connectivity index (χ0n) is 12.5. The molecule has 4 nitrogen and oxygen atoms in total. The van der Waals surface area contributed by atoms with Gasteiger partial charge in [0.1, 0.15) is 5.92 Å². The Hall–Kier alpha value is -1.94. The first-order valence-electron chi connectivity index (χ1n) is 7.22. The lowest BCUT2D eigenvalue weighted by atomic mass is 9.91. The maximum Gasteiger partial charge on any atom is 0.318 e. The monoisotopic (exact) mass is 287 g/mol. The number of Topliss-reactive ketones (excluding diaryl/α,β-unsaturated/α-hetero) is 1. The van der Waals surface area contributed by atoms with E-state index in [2.05, 4.69) is 18.4 Å². The summed E-state index contributed by atoms with van der Waals surface area (Å²) < 4.78 is 5.01. The molecule has 2 atom stereocenters. The molecule has 1 aliphatic rings. The van der Waals surface area contributed by atoms with E-state index < -0.39 is 11.9 Å². The van der Waals surface area contributed by atoms with Crippen molar-refractivity contribution in [3.05, 3.63) is 48.0 Å². The van der Waals surface area contributed by atoms with Crippen LogP contribution in [0.15, 0.2) is 42.5 Å². The second kappa shape index (κ2) is 6.68. The Morgan fingerprint density at radius 3 is 2.71 bits per heavy atom. The van der Waals surface area contributed by atoms with Crippen LogP contribution in [0.1, 0.15) is 25.5 Å². The van der Waals surface area contributed by atoms with Gasteiger partial charge in [-0.05, 0) is 19.4 Å². The average molecular weight is 287 g/mol. The molecular weight excluding hydrogens is 266 g/mol. The van der Waals surface area contributed by atoms with Gasteiger partial charge in [-0.25, -0.2) is 0 Å². The van der Waals surface area contributed by atoms with E-state index in [9.17, 15) is 9.59 Å². The molecule has 0 N–H and O–H groups in total. The molecule has 0 saturated carbocycles. The minimum atomic E-state index is -0.752. The van der Waals surface area contributed by atoms with Crippen molar-refractivity contribution >= 4 is 11.8 Å². The van der Waals surface area contributed by atoms with Gasteiger partial charge in [0, 0.05) is 24.7 Å². The highest BCUT2D eigenvalue weighted by Crippen LogP contribution is 2.27. The van der Waals surface area contributed by atoms with Crippen LogP contribution in [0.3, 0.4) is 0 Å². The first-order chi connectivity index (χ1) is 10.0. The molecule has 21 heavy (non-hydrogen) atoms. The van der Waals surface area contributed by atoms with Crippen LogP contribution in [0.5, 0.6) is 0 Å². The van der Waals surface area contributed by atoms with Gasteiger partial charge in [0.15, 0.2) is 5.78 Å². The molecule has 112 valence electrons. The lowest BCUT2D eigenvalue weighted by Gasteiger charge is -2.36. The van der Waals surface area contributed by atoms with Crippen LogP contribution < -0.4 is 0 Å². The average Bonchev–Trinajstić information content (AvgIpc) is 2.50. The van der Waals surface area contributed by atoms with Crippen LogP contribution in [0.25, 0.3) is 0 Å². The molecule has 0 radical (unpaired) electrons. The molecular formula is C17H21NO3. The molecule has 1 heterocycles. The predicted molar refractivity (Wildman–Crippen MR) is 80.7 cm³/mol. The molecule has 1 aliphatic heterocycles. The Bertz CT molecular complexity index is 538. The van der Waals surface area contributed by atoms with Gasteiger partial charge in [-0.15, -0.1) is 0 Å². The summed E-state index contributed by atoms with van der Waals surface area (Å²) in [5, 5.41) is 0. The van der Waals surface area contributed by atoms with Crippen LogP contribution in [0.2, 0.25) is 0 Å². The van der Waals surface area contributed by atoms with Gasteiger partial charge in [-0.1, -0.05) is 36.9 Å². The first kappa shape index (κ1) is 15.4. The molecule has 1 fully saturated rings. The fourth-order valence-electron chi connectivity index (χ4n) is 2.61. The summed E-state index contributed by atoms with van der Waals surface area (Å²) in [5.74, 6) is -1.39. The van der Waals surface area contributed by atoms with Gasteiger partial charge in [-0.3, -0.25) is 14.5 Å². The third-order valence-corrected chi connectivity index (χ3v) is 3.88. The highest BCUT2D eigenvalue weighted by Gasteiger charge is 2.37. The Morgan fingerprint density at radius 1 is 1.43 bits per heavy atom. The molecule has 0 spiro atoms. The van der Waals surface area contributed by atoms with Crippen molar-refractivity contribution in [1.82, 2.24) is 4.90 Å². The first-order valence-corrected chi connectivity index (χ1v) is 7.22. The summed E-state index contributed by atoms with van der Waals surface area (Å²) >= 11 is 0. The zero-order valence-corrected chi connectivity index (χ0v) is 12.5. The molecule has 2 rings (SSSR count). The van der Waals surface area contributed by atoms with Gasteiger partial charge in [0.05, 0.1) is 6.61 Å². The molecule has 1 unspecified atom stereocenters. The Morgan fingerprint density at radius 2 is 2.10 bits per heavy atom. The predicted octanol–water partition coefficient (Wildman–Crippen LogP) is 2.37. The highest BCUT2D eigenvalue weighted by atomic mass is 16.5. The summed E-state index contributed by atoms with van der Waals surface area (Å²) in [6.07, 6.45) is 0. The van der Waals surface area contributed by atoms with E-state index in [0.717, 1.165) is 5.56 Å². The van der Waals surface area contributed by atoms with E-state index in [1.165, 1.54) is 0 Å². The van der Waals surface area contributed by atoms with E-state index in [1.807, 2.05) is 30.3 Å². The van der Waals surface area contributed by atoms with E-state index in [1.54, 1.807) is 6.92 Å². The van der Waals surface area contributed by atoms with Crippen molar-refractivity contribution in [1.29, 1.82) is 0 Å². The number of hydrogen-bond acceptors (Lipinski definition) is 4. The number of ether oxygens (including phenoxy) is 1. The number of nitrogens with zero attached hydrogens (tertiary/aromatic N) is 1. The van der Waals surface area contributed by atoms with E-state index in [4.69, 9.17) is 4.74 Å². The number of carbonyl (C=O) groups excluding carboxylic acids is 2. The summed E-state index contributed by atoms with van der Waals surface area (Å²) in [4.78, 5) is 26.2. The van der Waals surface area contributed by atoms with Crippen LogP contribution in [0.4, 0.5) is 0 Å². The van der Waals surface area contributed by atoms with Crippen LogP contribution in [-0.4, -0.2) is 36.3 Å². The second-order valence-electron chi connectivity index (χ2n) is 5.29. The smallest absolute Gasteiger partial charge is 0.318 e. The maximum absolute atomic E-state index is 12.1. The molecule has 1 aromatic rings. The van der Waals surface area contributed by atoms with Gasteiger partial charge >= 0.3 is 5.97 Å². The van der Waals surface area contributed by atoms with Gasteiger partial charge < -0.3 is 4.74 Å². The number of benzene rings is 1. The fraction of sp³-hybridized carbons (Fsp3) is 0.412. The summed E-state index contributed by atoms with van der Waals surface area (Å²) in [7, 11) is 0. The van der Waals surface area contributed by atoms with Crippen LogP contribution in [0, 0.1) is 5.92 Å². The summed E-state index contributed by atoms with van der Waals surface area (Å²) in [5.41, 5.74) is 1.63. The van der Waals surface area contributed by atoms with Crippen LogP contribution in [-0.2, 0) is 14.3 Å². The van der Waals surface area contributed by atoms with E-state index in [-0.39, 0.29) is 18.4 Å². The largest absolute Gasteiger partial charge is 0.465 e. The van der Waals surface area contributed by atoms with Gasteiger partial charge in [0.2, 0.25) is 0 Å². The fourth-order valence-corrected chi connectivity index (χ4v) is 2.61. The van der Waals surface area contributed by atoms with Crippen molar-refractivity contribution < 1.29 is 14.3 Å². The topological polar surface area (TPSA) is 46.6 Å². The maximum atomic E-state index is 12.1. The minimum Gasteiger partial charge on any atom is -0.465 e. The molecule has 1 saturated heterocycles. The number of piperidine rings is 1. The normalized spacial score (nSPS) is 21.1. The molecule has 0 amide bonds. The quantitative estimate of drug-likeness (QED) is 0.484. The SMILES string of the molecule is C=C1CN([C@@H](C)c2ccccc2)CC(C(=O)OCC)C1=O. The van der Waals surface area contributed by atoms with Crippen molar-refractivity contribution in [2.24, 2.45) is 5.92 Å². The number of carbonyl (C=O) groups is 2. The molecule has 1 aromatic carbocycles. The van der Waals surface area contributed by atoms with Gasteiger partial charge in [-0.2, -0.15) is 0 Å². The lowest BCUT2D eigenvalue weighted by molar-refractivity contribution is -0.152. The van der Waals surface area contributed by atoms with Crippen LogP contribution >= 0.6 is 0 Å². The number of esters is 1. The third-order valence-electron chi connectivity index (χ3n) is 3.88. The van der Waals surface area contributed by atoms with Crippen molar-refractivity contribution in [3.8, 4) is 0 Å². The van der Waals surface area contributed by atoms with E-state index >= 15 is 0 Å². The van der Waals surface area contributed by atoms with Crippen molar-refractivity contribution in [2.75, 3.05) is 19.7 Å². The number of ketones is 1. The molecule has 0 aliphatic carbocycles. The highest BCUT2D eigenvalue weighted by molar-refractivity contribution is 6.09. The molecule has 0 aromatic heterocycles. The summed E-state index contributed by atoms with van der Waals surface area (Å²) in [6, 6.07) is 10.1. The third kappa shape index (κ3) is 3.39. The second-order valence-corrected chi connectivity index (χ2v) is 5.29. The number of hydrogen-bond donors (Lipinski definition) is 0. The number of likely N-dealkylation sites (tertiary alicyclic amines) is 1. The Kier molecular flexibility index (Phi) is 4.91.